The van der Waals surface area contributed by atoms with Crippen LogP contribution in [0.3, 0.4) is 0 Å². The minimum Gasteiger partial charge on any atom is -0.370 e. The first-order chi connectivity index (χ1) is 13.4. The zero-order chi connectivity index (χ0) is 19.6. The molecule has 1 atom stereocenters. The summed E-state index contributed by atoms with van der Waals surface area (Å²) in [7, 11) is -1.54. The van der Waals surface area contributed by atoms with Crippen LogP contribution >= 0.6 is 0 Å². The largest absolute Gasteiger partial charge is 0.370 e. The summed E-state index contributed by atoms with van der Waals surface area (Å²) in [6.07, 6.45) is 7.83. The molecule has 4 rings (SSSR count). The first-order valence-corrected chi connectivity index (χ1v) is 11.3. The molecular formula is C20H28N4O3S. The highest BCUT2D eigenvalue weighted by molar-refractivity contribution is 7.89. The summed E-state index contributed by atoms with van der Waals surface area (Å²) in [5.41, 5.74) is 1.15. The van der Waals surface area contributed by atoms with Crippen molar-refractivity contribution in [1.82, 2.24) is 19.4 Å². The third kappa shape index (κ3) is 4.46. The van der Waals surface area contributed by atoms with E-state index in [9.17, 15) is 8.42 Å². The lowest BCUT2D eigenvalue weighted by atomic mass is 9.88. The van der Waals surface area contributed by atoms with Crippen LogP contribution in [-0.4, -0.2) is 54.4 Å². The quantitative estimate of drug-likeness (QED) is 0.796. The van der Waals surface area contributed by atoms with E-state index in [4.69, 9.17) is 4.74 Å². The van der Waals surface area contributed by atoms with Crippen LogP contribution in [-0.2, 0) is 28.4 Å². The van der Waals surface area contributed by atoms with Crippen LogP contribution in [0.5, 0.6) is 0 Å². The number of sulfonamides is 1. The zero-order valence-corrected chi connectivity index (χ0v) is 17.1. The molecule has 0 bridgehead atoms. The molecule has 1 aromatic carbocycles. The molecule has 2 aliphatic heterocycles. The molecule has 28 heavy (non-hydrogen) atoms. The lowest BCUT2D eigenvalue weighted by Crippen LogP contribution is -2.44. The maximum Gasteiger partial charge on any atom is 0.240 e. The van der Waals surface area contributed by atoms with Crippen molar-refractivity contribution in [2.24, 2.45) is 7.05 Å². The Morgan fingerprint density at radius 2 is 1.96 bits per heavy atom. The van der Waals surface area contributed by atoms with Gasteiger partial charge in [0.2, 0.25) is 10.0 Å². The Kier molecular flexibility index (Phi) is 5.55. The molecular weight excluding hydrogens is 376 g/mol. The van der Waals surface area contributed by atoms with Gasteiger partial charge in [0.05, 0.1) is 22.8 Å². The number of nitrogens with zero attached hydrogens (tertiary/aromatic N) is 3. The second kappa shape index (κ2) is 7.94. The molecule has 0 amide bonds. The Morgan fingerprint density at radius 3 is 2.64 bits per heavy atom. The second-order valence-electron chi connectivity index (χ2n) is 7.92. The van der Waals surface area contributed by atoms with Crippen molar-refractivity contribution in [3.05, 3.63) is 48.3 Å². The normalized spacial score (nSPS) is 22.7. The SMILES string of the molecule is Cn1cc(CN2CCC3(CCC(CNS(=O)(=O)c4ccccc4)O3)CC2)cn1. The zero-order valence-electron chi connectivity index (χ0n) is 16.3. The van der Waals surface area contributed by atoms with Crippen LogP contribution in [0.1, 0.15) is 31.2 Å². The van der Waals surface area contributed by atoms with Crippen LogP contribution in [0.4, 0.5) is 0 Å². The van der Waals surface area contributed by atoms with E-state index in [1.54, 1.807) is 24.3 Å². The fourth-order valence-electron chi connectivity index (χ4n) is 4.22. The van der Waals surface area contributed by atoms with Gasteiger partial charge < -0.3 is 4.74 Å². The summed E-state index contributed by atoms with van der Waals surface area (Å²) in [6, 6.07) is 8.49. The highest BCUT2D eigenvalue weighted by atomic mass is 32.2. The molecule has 1 N–H and O–H groups in total. The van der Waals surface area contributed by atoms with Crippen molar-refractivity contribution >= 4 is 10.0 Å². The number of likely N-dealkylation sites (tertiary alicyclic amines) is 1. The molecule has 0 radical (unpaired) electrons. The summed E-state index contributed by atoms with van der Waals surface area (Å²) < 4.78 is 35.7. The minimum absolute atomic E-state index is 0.0524. The number of hydrogen-bond acceptors (Lipinski definition) is 5. The van der Waals surface area contributed by atoms with Crippen molar-refractivity contribution in [3.63, 3.8) is 0 Å². The molecule has 8 heteroatoms. The molecule has 2 saturated heterocycles. The number of benzene rings is 1. The van der Waals surface area contributed by atoms with Crippen LogP contribution in [0.2, 0.25) is 0 Å². The number of ether oxygens (including phenoxy) is 1. The number of aromatic nitrogens is 2. The molecule has 0 aliphatic carbocycles. The lowest BCUT2D eigenvalue weighted by Gasteiger charge is -2.39. The summed E-state index contributed by atoms with van der Waals surface area (Å²) in [5.74, 6) is 0. The number of rotatable bonds is 6. The Balaban J connectivity index is 1.26. The lowest BCUT2D eigenvalue weighted by molar-refractivity contribution is -0.0758. The van der Waals surface area contributed by atoms with Crippen molar-refractivity contribution < 1.29 is 13.2 Å². The summed E-state index contributed by atoms with van der Waals surface area (Å²) in [5, 5.41) is 4.23. The smallest absolute Gasteiger partial charge is 0.240 e. The maximum atomic E-state index is 12.4. The van der Waals surface area contributed by atoms with Gasteiger partial charge in [-0.05, 0) is 37.8 Å². The second-order valence-corrected chi connectivity index (χ2v) is 9.69. The van der Waals surface area contributed by atoms with Gasteiger partial charge in [0.25, 0.3) is 0 Å². The molecule has 7 nitrogen and oxygen atoms in total. The van der Waals surface area contributed by atoms with Gasteiger partial charge in [-0.2, -0.15) is 5.10 Å². The average Bonchev–Trinajstić information content (AvgIpc) is 3.29. The van der Waals surface area contributed by atoms with Gasteiger partial charge in [-0.15, -0.1) is 0 Å². The van der Waals surface area contributed by atoms with Crippen LogP contribution in [0, 0.1) is 0 Å². The molecule has 2 fully saturated rings. The predicted octanol–water partition coefficient (Wildman–Crippen LogP) is 1.91. The fourth-order valence-corrected chi connectivity index (χ4v) is 5.31. The highest BCUT2D eigenvalue weighted by Crippen LogP contribution is 2.39. The third-order valence-corrected chi connectivity index (χ3v) is 7.26. The molecule has 2 aliphatic rings. The van der Waals surface area contributed by atoms with Crippen molar-refractivity contribution in [1.29, 1.82) is 0 Å². The highest BCUT2D eigenvalue weighted by Gasteiger charge is 2.42. The van der Waals surface area contributed by atoms with Gasteiger partial charge >= 0.3 is 0 Å². The monoisotopic (exact) mass is 404 g/mol. The van der Waals surface area contributed by atoms with E-state index in [2.05, 4.69) is 20.9 Å². The standard InChI is InChI=1S/C20H28N4O3S/c1-23-15-17(13-21-23)16-24-11-9-20(10-12-24)8-7-18(27-20)14-22-28(25,26)19-5-3-2-4-6-19/h2-6,13,15,18,22H,7-12,14,16H2,1H3. The van der Waals surface area contributed by atoms with Gasteiger partial charge in [-0.3, -0.25) is 9.58 Å². The van der Waals surface area contributed by atoms with Gasteiger partial charge in [-0.25, -0.2) is 13.1 Å². The Morgan fingerprint density at radius 1 is 1.21 bits per heavy atom. The van der Waals surface area contributed by atoms with E-state index < -0.39 is 10.0 Å². The van der Waals surface area contributed by atoms with E-state index in [0.717, 1.165) is 45.3 Å². The average molecular weight is 405 g/mol. The third-order valence-electron chi connectivity index (χ3n) is 5.82. The molecule has 3 heterocycles. The molecule has 1 aromatic heterocycles. The van der Waals surface area contributed by atoms with E-state index >= 15 is 0 Å². The molecule has 1 spiro atoms. The Labute approximate surface area is 166 Å². The van der Waals surface area contributed by atoms with E-state index in [-0.39, 0.29) is 11.7 Å². The molecule has 2 aromatic rings. The van der Waals surface area contributed by atoms with Gasteiger partial charge in [0.1, 0.15) is 0 Å². The van der Waals surface area contributed by atoms with Crippen LogP contribution in [0.25, 0.3) is 0 Å². The van der Waals surface area contributed by atoms with Crippen molar-refractivity contribution in [2.75, 3.05) is 19.6 Å². The topological polar surface area (TPSA) is 76.5 Å². The van der Waals surface area contributed by atoms with Crippen molar-refractivity contribution in [3.8, 4) is 0 Å². The number of nitrogens with one attached hydrogen (secondary N) is 1. The summed E-state index contributed by atoms with van der Waals surface area (Å²) in [6.45, 7) is 3.25. The van der Waals surface area contributed by atoms with Gasteiger partial charge in [-0.1, -0.05) is 18.2 Å². The van der Waals surface area contributed by atoms with Gasteiger partial charge in [0, 0.05) is 45.0 Å². The molecule has 1 unspecified atom stereocenters. The Bertz CT molecular complexity index is 889. The van der Waals surface area contributed by atoms with E-state index in [1.165, 1.54) is 5.56 Å². The van der Waals surface area contributed by atoms with Crippen molar-refractivity contribution in [2.45, 2.75) is 48.8 Å². The molecule has 152 valence electrons. The fraction of sp³-hybridized carbons (Fsp3) is 0.550. The summed E-state index contributed by atoms with van der Waals surface area (Å²) >= 11 is 0. The van der Waals surface area contributed by atoms with Crippen LogP contribution < -0.4 is 4.72 Å². The summed E-state index contributed by atoms with van der Waals surface area (Å²) in [4.78, 5) is 2.74. The first-order valence-electron chi connectivity index (χ1n) is 9.87. The van der Waals surface area contributed by atoms with E-state index in [1.807, 2.05) is 24.0 Å². The molecule has 0 saturated carbocycles. The Hall–Kier alpha value is -1.74. The maximum absolute atomic E-state index is 12.4. The van der Waals surface area contributed by atoms with Gasteiger partial charge in [0.15, 0.2) is 0 Å². The first kappa shape index (κ1) is 19.6. The minimum atomic E-state index is -3.48. The number of aryl methyl sites for hydroxylation is 1. The predicted molar refractivity (Wildman–Crippen MR) is 106 cm³/mol. The van der Waals surface area contributed by atoms with Crippen LogP contribution in [0.15, 0.2) is 47.6 Å². The van der Waals surface area contributed by atoms with E-state index in [0.29, 0.717) is 11.4 Å². The number of piperidine rings is 1. The number of hydrogen-bond donors (Lipinski definition) is 1.